The van der Waals surface area contributed by atoms with Gasteiger partial charge in [0.2, 0.25) is 0 Å². The molecule has 0 aliphatic heterocycles. The maximum absolute atomic E-state index is 12.5. The van der Waals surface area contributed by atoms with Crippen LogP contribution < -0.4 is 16.5 Å². The fraction of sp³-hybridized carbons (Fsp3) is 0.222. The zero-order chi connectivity index (χ0) is 17.4. The second kappa shape index (κ2) is 6.01. The molecule has 2 heterocycles. The number of carbonyl (C=O) groups is 1. The predicted molar refractivity (Wildman–Crippen MR) is 90.6 cm³/mol. The lowest BCUT2D eigenvalue weighted by atomic mass is 9.92. The molecule has 0 saturated carbocycles. The number of rotatable bonds is 2. The Morgan fingerprint density at radius 2 is 2.08 bits per heavy atom. The van der Waals surface area contributed by atoms with Gasteiger partial charge in [0, 0.05) is 17.5 Å². The Balaban J connectivity index is 1.57. The topological polar surface area (TPSA) is 105 Å². The van der Waals surface area contributed by atoms with Crippen LogP contribution in [-0.2, 0) is 12.8 Å². The van der Waals surface area contributed by atoms with Crippen molar-refractivity contribution in [3.63, 3.8) is 0 Å². The highest BCUT2D eigenvalue weighted by molar-refractivity contribution is 5.96. The first-order valence-electron chi connectivity index (χ1n) is 8.01. The predicted octanol–water partition coefficient (Wildman–Crippen LogP) is 1.16. The van der Waals surface area contributed by atoms with Gasteiger partial charge < -0.3 is 9.73 Å². The maximum Gasteiger partial charge on any atom is 0.349 e. The highest BCUT2D eigenvalue weighted by Crippen LogP contribution is 2.18. The molecule has 0 bridgehead atoms. The van der Waals surface area contributed by atoms with Gasteiger partial charge in [-0.05, 0) is 37.0 Å². The van der Waals surface area contributed by atoms with Gasteiger partial charge in [-0.15, -0.1) is 0 Å². The summed E-state index contributed by atoms with van der Waals surface area (Å²) in [4.78, 5) is 36.0. The van der Waals surface area contributed by atoms with Crippen molar-refractivity contribution in [2.45, 2.75) is 25.3 Å². The number of aromatic nitrogens is 2. The summed E-state index contributed by atoms with van der Waals surface area (Å²) in [7, 11) is 0. The Hall–Kier alpha value is -3.22. The fourth-order valence-electron chi connectivity index (χ4n) is 3.15. The Morgan fingerprint density at radius 1 is 1.24 bits per heavy atom. The largest absolute Gasteiger partial charge is 0.422 e. The molecule has 0 radical (unpaired) electrons. The number of amides is 1. The maximum atomic E-state index is 12.5. The first-order chi connectivity index (χ1) is 12.1. The number of nitrogens with zero attached hydrogens (tertiary/aromatic N) is 1. The molecule has 3 aromatic rings. The van der Waals surface area contributed by atoms with E-state index in [0.29, 0.717) is 30.2 Å². The summed E-state index contributed by atoms with van der Waals surface area (Å²) in [5.74, 6) is -0.467. The molecule has 126 valence electrons. The molecule has 0 unspecified atom stereocenters. The summed E-state index contributed by atoms with van der Waals surface area (Å²) in [6.45, 7) is 0. The van der Waals surface area contributed by atoms with Crippen LogP contribution in [0.25, 0.3) is 11.0 Å². The highest BCUT2D eigenvalue weighted by Gasteiger charge is 2.23. The van der Waals surface area contributed by atoms with Crippen LogP contribution in [0, 0.1) is 0 Å². The van der Waals surface area contributed by atoms with E-state index in [1.54, 1.807) is 24.3 Å². The van der Waals surface area contributed by atoms with E-state index in [-0.39, 0.29) is 17.2 Å². The van der Waals surface area contributed by atoms with E-state index in [4.69, 9.17) is 4.42 Å². The average Bonchev–Trinajstić information content (AvgIpc) is 2.60. The van der Waals surface area contributed by atoms with Gasteiger partial charge in [0.05, 0.1) is 5.69 Å². The molecule has 2 aromatic heterocycles. The molecule has 7 heteroatoms. The SMILES string of the molecule is O=C(N[C@H]1CCc2n[nH]c(=O)cc2C1)c1cc2ccccc2oc1=O. The standard InChI is InChI=1S/C18H15N3O4/c22-16-9-11-7-12(5-6-14(11)20-21-16)19-17(23)13-8-10-3-1-2-4-15(10)25-18(13)24/h1-4,8-9,12H,5-7H2,(H,19,23)(H,21,22)/t12-/m0/s1. The molecule has 1 aromatic carbocycles. The van der Waals surface area contributed by atoms with Crippen molar-refractivity contribution >= 4 is 16.9 Å². The van der Waals surface area contributed by atoms with Crippen LogP contribution >= 0.6 is 0 Å². The van der Waals surface area contributed by atoms with Gasteiger partial charge in [-0.3, -0.25) is 9.59 Å². The number of nitrogens with one attached hydrogen (secondary N) is 2. The van der Waals surface area contributed by atoms with Crippen LogP contribution in [0.5, 0.6) is 0 Å². The second-order valence-electron chi connectivity index (χ2n) is 6.10. The van der Waals surface area contributed by atoms with E-state index in [2.05, 4.69) is 15.5 Å². The van der Waals surface area contributed by atoms with Crippen molar-refractivity contribution in [1.82, 2.24) is 15.5 Å². The average molecular weight is 337 g/mol. The van der Waals surface area contributed by atoms with E-state index in [1.807, 2.05) is 6.07 Å². The summed E-state index contributed by atoms with van der Waals surface area (Å²) >= 11 is 0. The summed E-state index contributed by atoms with van der Waals surface area (Å²) in [5.41, 5.74) is 1.17. The monoisotopic (exact) mass is 337 g/mol. The normalized spacial score (nSPS) is 16.4. The zero-order valence-electron chi connectivity index (χ0n) is 13.2. The zero-order valence-corrected chi connectivity index (χ0v) is 13.2. The second-order valence-corrected chi connectivity index (χ2v) is 6.10. The van der Waals surface area contributed by atoms with Crippen molar-refractivity contribution in [3.05, 3.63) is 74.0 Å². The van der Waals surface area contributed by atoms with Crippen molar-refractivity contribution < 1.29 is 9.21 Å². The molecule has 1 aliphatic rings. The molecule has 0 fully saturated rings. The van der Waals surface area contributed by atoms with Gasteiger partial charge in [0.15, 0.2) is 0 Å². The van der Waals surface area contributed by atoms with Crippen LogP contribution in [0.3, 0.4) is 0 Å². The molecule has 4 rings (SSSR count). The number of hydrogen-bond donors (Lipinski definition) is 2. The lowest BCUT2D eigenvalue weighted by molar-refractivity contribution is 0.0930. The summed E-state index contributed by atoms with van der Waals surface area (Å²) in [6.07, 6.45) is 1.86. The van der Waals surface area contributed by atoms with Crippen molar-refractivity contribution in [2.75, 3.05) is 0 Å². The van der Waals surface area contributed by atoms with Gasteiger partial charge in [0.25, 0.3) is 11.5 Å². The van der Waals surface area contributed by atoms with E-state index >= 15 is 0 Å². The van der Waals surface area contributed by atoms with Gasteiger partial charge in [-0.2, -0.15) is 5.10 Å². The number of hydrogen-bond acceptors (Lipinski definition) is 5. The van der Waals surface area contributed by atoms with Crippen molar-refractivity contribution in [1.29, 1.82) is 0 Å². The Labute approximate surface area is 141 Å². The van der Waals surface area contributed by atoms with Gasteiger partial charge in [-0.25, -0.2) is 9.89 Å². The number of carbonyl (C=O) groups excluding carboxylic acids is 1. The third kappa shape index (κ3) is 2.96. The Bertz CT molecular complexity index is 1080. The highest BCUT2D eigenvalue weighted by atomic mass is 16.4. The van der Waals surface area contributed by atoms with Crippen LogP contribution in [0.15, 0.2) is 50.4 Å². The number of benzene rings is 1. The molecule has 1 aliphatic carbocycles. The van der Waals surface area contributed by atoms with Crippen molar-refractivity contribution in [3.8, 4) is 0 Å². The number of H-pyrrole nitrogens is 1. The lowest BCUT2D eigenvalue weighted by Crippen LogP contribution is -2.41. The van der Waals surface area contributed by atoms with E-state index in [0.717, 1.165) is 11.3 Å². The molecule has 1 amide bonds. The quantitative estimate of drug-likeness (QED) is 0.683. The fourth-order valence-corrected chi connectivity index (χ4v) is 3.15. The number of para-hydroxylation sites is 1. The smallest absolute Gasteiger partial charge is 0.349 e. The molecular formula is C18H15N3O4. The molecule has 0 spiro atoms. The third-order valence-electron chi connectivity index (χ3n) is 4.39. The van der Waals surface area contributed by atoms with Gasteiger partial charge in [0.1, 0.15) is 11.1 Å². The molecule has 2 N–H and O–H groups in total. The number of aromatic amines is 1. The summed E-state index contributed by atoms with van der Waals surface area (Å²) in [6, 6.07) is 9.93. The van der Waals surface area contributed by atoms with Gasteiger partial charge >= 0.3 is 5.63 Å². The van der Waals surface area contributed by atoms with E-state index in [1.165, 1.54) is 6.07 Å². The lowest BCUT2D eigenvalue weighted by Gasteiger charge is -2.24. The van der Waals surface area contributed by atoms with E-state index < -0.39 is 11.5 Å². The Kier molecular flexibility index (Phi) is 3.68. The number of aryl methyl sites for hydroxylation is 1. The third-order valence-corrected chi connectivity index (χ3v) is 4.39. The molecule has 1 atom stereocenters. The molecule has 25 heavy (non-hydrogen) atoms. The van der Waals surface area contributed by atoms with Crippen LogP contribution in [0.4, 0.5) is 0 Å². The van der Waals surface area contributed by atoms with Gasteiger partial charge in [-0.1, -0.05) is 18.2 Å². The minimum absolute atomic E-state index is 0.0199. The summed E-state index contributed by atoms with van der Waals surface area (Å²) < 4.78 is 5.20. The molecule has 0 saturated heterocycles. The minimum Gasteiger partial charge on any atom is -0.422 e. The first-order valence-corrected chi connectivity index (χ1v) is 8.01. The van der Waals surface area contributed by atoms with Crippen LogP contribution in [0.2, 0.25) is 0 Å². The minimum atomic E-state index is -0.662. The van der Waals surface area contributed by atoms with Crippen LogP contribution in [-0.4, -0.2) is 22.1 Å². The van der Waals surface area contributed by atoms with Crippen LogP contribution in [0.1, 0.15) is 28.0 Å². The number of fused-ring (bicyclic) bond motifs is 2. The van der Waals surface area contributed by atoms with Crippen molar-refractivity contribution in [2.24, 2.45) is 0 Å². The van der Waals surface area contributed by atoms with E-state index in [9.17, 15) is 14.4 Å². The Morgan fingerprint density at radius 3 is 2.96 bits per heavy atom. The molecular weight excluding hydrogens is 322 g/mol. The molecule has 7 nitrogen and oxygen atoms in total. The summed E-state index contributed by atoms with van der Waals surface area (Å²) in [5, 5.41) is 10.00. The first kappa shape index (κ1) is 15.3.